The molecule has 0 amide bonds. The summed E-state index contributed by atoms with van der Waals surface area (Å²) in [5.41, 5.74) is 7.34. The summed E-state index contributed by atoms with van der Waals surface area (Å²) < 4.78 is 33.1. The van der Waals surface area contributed by atoms with E-state index in [1.54, 1.807) is 37.0 Å². The number of carboxylic acids is 1. The first-order chi connectivity index (χ1) is 21.6. The van der Waals surface area contributed by atoms with E-state index in [1.165, 1.54) is 6.21 Å². The average Bonchev–Trinajstić information content (AvgIpc) is 3.03. The molecule has 0 heterocycles. The molecule has 2 aromatic rings. The standard InChI is InChI=1S/C13H17N5O4S2.C13H20N2O3S.C2H6/c1-16-12-3-2-11(6-13(12)23-9-24(15,20)21)22-8-10(18-14)7-17-4-5-19;1-15-12(13(16)17)9-19-8-10-3-2-4-11(7-10)18-6-5-14;1-2/h2-3,5-7H,1,4,8-9,14H2,(H2,15,20,21);2-4,7,12,15H,5-6,8-9,14H2,1H3,(H,16,17);1-2H3/b17-7?,18-10+;;. The summed E-state index contributed by atoms with van der Waals surface area (Å²) in [4.78, 5) is 29.2. The van der Waals surface area contributed by atoms with Crippen molar-refractivity contribution in [3.8, 4) is 11.5 Å². The average molecular weight is 686 g/mol. The fraction of sp³-hybridized carbons (Fsp3) is 0.393. The van der Waals surface area contributed by atoms with Crippen molar-refractivity contribution < 1.29 is 32.6 Å². The maximum absolute atomic E-state index is 11.1. The molecule has 0 aromatic heterocycles. The van der Waals surface area contributed by atoms with Crippen molar-refractivity contribution >= 4 is 70.1 Å². The van der Waals surface area contributed by atoms with Crippen LogP contribution in [0, 0.1) is 0 Å². The first kappa shape index (κ1) is 41.5. The number of ether oxygens (including phenoxy) is 2. The highest BCUT2D eigenvalue weighted by Gasteiger charge is 2.14. The van der Waals surface area contributed by atoms with E-state index in [0.717, 1.165) is 28.8 Å². The van der Waals surface area contributed by atoms with E-state index in [2.05, 4.69) is 27.1 Å². The molecular weight excluding hydrogens is 643 g/mol. The van der Waals surface area contributed by atoms with Gasteiger partial charge in [0, 0.05) is 29.2 Å². The minimum absolute atomic E-state index is 0.00702. The Kier molecular flexibility index (Phi) is 22.9. The van der Waals surface area contributed by atoms with Gasteiger partial charge in [-0.1, -0.05) is 26.0 Å². The molecular formula is C28H43N7O7S3. The van der Waals surface area contributed by atoms with Gasteiger partial charge in [-0.15, -0.1) is 11.8 Å². The number of primary sulfonamides is 1. The highest BCUT2D eigenvalue weighted by atomic mass is 32.3. The second-order valence-electron chi connectivity index (χ2n) is 8.26. The third kappa shape index (κ3) is 19.5. The van der Waals surface area contributed by atoms with Gasteiger partial charge in [0.25, 0.3) is 0 Å². The van der Waals surface area contributed by atoms with Crippen molar-refractivity contribution in [3.63, 3.8) is 0 Å². The van der Waals surface area contributed by atoms with Gasteiger partial charge in [-0.3, -0.25) is 14.8 Å². The molecule has 0 aliphatic rings. The molecule has 0 fully saturated rings. The smallest absolute Gasteiger partial charge is 0.321 e. The van der Waals surface area contributed by atoms with Crippen LogP contribution in [0.25, 0.3) is 0 Å². The monoisotopic (exact) mass is 685 g/mol. The van der Waals surface area contributed by atoms with Crippen LogP contribution in [-0.2, 0) is 25.4 Å². The number of carboxylic acid groups (broad SMARTS) is 1. The molecule has 2 aromatic carbocycles. The number of aliphatic carboxylic acids is 1. The van der Waals surface area contributed by atoms with Crippen molar-refractivity contribution in [1.29, 1.82) is 0 Å². The SMILES string of the molecule is C=Nc1ccc(OC/C(C=NCC=O)=N/N)cc1SCS(N)(=O)=O.CC.CNC(CSCc1cccc(OCCN)c1)C(=O)O. The second-order valence-corrected chi connectivity index (χ2v) is 12.3. The number of thioether (sulfide) groups is 2. The number of sulfonamides is 1. The molecule has 0 saturated heterocycles. The Morgan fingerprint density at radius 2 is 1.89 bits per heavy atom. The van der Waals surface area contributed by atoms with Crippen LogP contribution in [0.1, 0.15) is 19.4 Å². The second kappa shape index (κ2) is 24.8. The highest BCUT2D eigenvalue weighted by Crippen LogP contribution is 2.33. The van der Waals surface area contributed by atoms with E-state index in [9.17, 15) is 18.0 Å². The summed E-state index contributed by atoms with van der Waals surface area (Å²) in [7, 11) is -1.97. The molecule has 45 heavy (non-hydrogen) atoms. The molecule has 1 unspecified atom stereocenters. The molecule has 250 valence electrons. The maximum atomic E-state index is 11.1. The van der Waals surface area contributed by atoms with Gasteiger partial charge >= 0.3 is 5.97 Å². The number of carbonyl (C=O) groups excluding carboxylic acids is 1. The lowest BCUT2D eigenvalue weighted by Gasteiger charge is -2.11. The lowest BCUT2D eigenvalue weighted by Crippen LogP contribution is -2.36. The summed E-state index contributed by atoms with van der Waals surface area (Å²) in [6.45, 7) is 8.45. The van der Waals surface area contributed by atoms with Gasteiger partial charge in [0.1, 0.15) is 47.8 Å². The normalized spacial score (nSPS) is 11.8. The molecule has 14 nitrogen and oxygen atoms in total. The zero-order valence-corrected chi connectivity index (χ0v) is 28.1. The summed E-state index contributed by atoms with van der Waals surface area (Å²) in [5.74, 6) is 6.92. The summed E-state index contributed by atoms with van der Waals surface area (Å²) in [6.07, 6.45) is 1.98. The van der Waals surface area contributed by atoms with E-state index < -0.39 is 22.0 Å². The Labute approximate surface area is 273 Å². The number of hydrogen-bond acceptors (Lipinski definition) is 14. The van der Waals surface area contributed by atoms with Gasteiger partial charge in [-0.05, 0) is 49.7 Å². The molecule has 8 N–H and O–H groups in total. The maximum Gasteiger partial charge on any atom is 0.321 e. The first-order valence-corrected chi connectivity index (χ1v) is 17.4. The van der Waals surface area contributed by atoms with Crippen LogP contribution < -0.4 is 31.5 Å². The Hall–Kier alpha value is -3.48. The number of hydrogen-bond donors (Lipinski definition) is 5. The summed E-state index contributed by atoms with van der Waals surface area (Å²) in [5, 5.41) is 19.9. The van der Waals surface area contributed by atoms with Crippen LogP contribution in [0.3, 0.4) is 0 Å². The molecule has 0 bridgehead atoms. The number of nitrogens with two attached hydrogens (primary N) is 3. The Balaban J connectivity index is 0.000000835. The number of aldehydes is 1. The predicted octanol–water partition coefficient (Wildman–Crippen LogP) is 2.28. The first-order valence-electron chi connectivity index (χ1n) is 13.5. The van der Waals surface area contributed by atoms with Gasteiger partial charge in [-0.25, -0.2) is 13.6 Å². The molecule has 0 spiro atoms. The lowest BCUT2D eigenvalue weighted by atomic mass is 10.2. The predicted molar refractivity (Wildman–Crippen MR) is 185 cm³/mol. The van der Waals surface area contributed by atoms with Gasteiger partial charge in [0.2, 0.25) is 10.0 Å². The number of nitrogens with one attached hydrogen (secondary N) is 1. The summed E-state index contributed by atoms with van der Waals surface area (Å²) >= 11 is 2.58. The number of carbonyl (C=O) groups is 2. The van der Waals surface area contributed by atoms with Crippen LogP contribution in [0.2, 0.25) is 0 Å². The van der Waals surface area contributed by atoms with E-state index in [0.29, 0.717) is 47.2 Å². The minimum Gasteiger partial charge on any atom is -0.492 e. The van der Waals surface area contributed by atoms with Crippen LogP contribution in [-0.4, -0.2) is 94.7 Å². The van der Waals surface area contributed by atoms with Crippen molar-refractivity contribution in [2.45, 2.75) is 30.5 Å². The van der Waals surface area contributed by atoms with Gasteiger partial charge in [0.15, 0.2) is 0 Å². The molecule has 1 atom stereocenters. The molecule has 2 rings (SSSR count). The highest BCUT2D eigenvalue weighted by molar-refractivity contribution is 8.11. The van der Waals surface area contributed by atoms with E-state index in [1.807, 2.05) is 38.1 Å². The Morgan fingerprint density at radius 1 is 1.18 bits per heavy atom. The van der Waals surface area contributed by atoms with Gasteiger partial charge in [-0.2, -0.15) is 16.9 Å². The van der Waals surface area contributed by atoms with Crippen molar-refractivity contribution in [2.24, 2.45) is 31.8 Å². The number of aliphatic imine (C=N–C) groups is 2. The number of hydrazone groups is 1. The number of benzene rings is 2. The van der Waals surface area contributed by atoms with Crippen molar-refractivity contribution in [2.75, 3.05) is 44.2 Å². The lowest BCUT2D eigenvalue weighted by molar-refractivity contribution is -0.138. The third-order valence-corrected chi connectivity index (χ3v) is 8.47. The number of likely N-dealkylation sites (N-methyl/N-ethyl adjacent to an activating group) is 1. The van der Waals surface area contributed by atoms with Crippen LogP contribution in [0.5, 0.6) is 11.5 Å². The fourth-order valence-corrected chi connectivity index (χ4v) is 5.64. The van der Waals surface area contributed by atoms with Crippen LogP contribution in [0.4, 0.5) is 5.69 Å². The molecule has 0 radical (unpaired) electrons. The fourth-order valence-electron chi connectivity index (χ4n) is 2.92. The van der Waals surface area contributed by atoms with Crippen molar-refractivity contribution in [1.82, 2.24) is 5.32 Å². The molecule has 0 saturated carbocycles. The molecule has 0 aliphatic heterocycles. The quantitative estimate of drug-likeness (QED) is 0.0471. The Bertz CT molecular complexity index is 1340. The van der Waals surface area contributed by atoms with E-state index >= 15 is 0 Å². The largest absolute Gasteiger partial charge is 0.492 e. The van der Waals surface area contributed by atoms with Crippen LogP contribution in [0.15, 0.2) is 62.4 Å². The van der Waals surface area contributed by atoms with Crippen LogP contribution >= 0.6 is 23.5 Å². The van der Waals surface area contributed by atoms with Crippen molar-refractivity contribution in [3.05, 3.63) is 48.0 Å². The third-order valence-electron chi connectivity index (χ3n) is 4.94. The van der Waals surface area contributed by atoms with E-state index in [-0.39, 0.29) is 18.2 Å². The summed E-state index contributed by atoms with van der Waals surface area (Å²) in [6, 6.07) is 12.1. The number of rotatable bonds is 19. The minimum atomic E-state index is -3.62. The Morgan fingerprint density at radius 3 is 2.47 bits per heavy atom. The zero-order valence-electron chi connectivity index (χ0n) is 25.6. The zero-order chi connectivity index (χ0) is 34.1. The van der Waals surface area contributed by atoms with Gasteiger partial charge < -0.3 is 36.3 Å². The number of nitrogens with zero attached hydrogens (tertiary/aromatic N) is 3. The van der Waals surface area contributed by atoms with Gasteiger partial charge in [0.05, 0.1) is 12.2 Å². The van der Waals surface area contributed by atoms with E-state index in [4.69, 9.17) is 31.3 Å². The molecule has 0 aliphatic carbocycles. The topological polar surface area (TPSA) is 234 Å². The molecule has 17 heteroatoms.